The van der Waals surface area contributed by atoms with E-state index < -0.39 is 0 Å². The van der Waals surface area contributed by atoms with E-state index in [4.69, 9.17) is 0 Å². The third-order valence-corrected chi connectivity index (χ3v) is 3.84. The summed E-state index contributed by atoms with van der Waals surface area (Å²) in [7, 11) is 0. The molecule has 0 aliphatic rings. The fourth-order valence-corrected chi connectivity index (χ4v) is 2.46. The number of rotatable bonds is 12. The molecular weight excluding hydrogens is 230 g/mol. The molecule has 1 N–H and O–H groups in total. The molecule has 0 heterocycles. The van der Waals surface area contributed by atoms with Crippen molar-refractivity contribution in [2.45, 2.75) is 104 Å². The van der Waals surface area contributed by atoms with Gasteiger partial charge in [0.2, 0.25) is 0 Å². The Kier molecular flexibility index (Phi) is 11.7. The van der Waals surface area contributed by atoms with Gasteiger partial charge >= 0.3 is 0 Å². The van der Waals surface area contributed by atoms with Gasteiger partial charge < -0.3 is 5.32 Å². The van der Waals surface area contributed by atoms with Gasteiger partial charge in [0.15, 0.2) is 0 Å². The molecule has 19 heavy (non-hydrogen) atoms. The summed E-state index contributed by atoms with van der Waals surface area (Å²) in [5.41, 5.74) is 0.276. The van der Waals surface area contributed by atoms with E-state index >= 15 is 0 Å². The monoisotopic (exact) mass is 269 g/mol. The Balaban J connectivity index is 3.23. The Morgan fingerprint density at radius 3 is 1.84 bits per heavy atom. The molecule has 0 saturated carbocycles. The molecule has 0 amide bonds. The molecular formula is C18H39N. The van der Waals surface area contributed by atoms with Crippen LogP contribution in [0.4, 0.5) is 0 Å². The maximum absolute atomic E-state index is 3.58. The largest absolute Gasteiger partial charge is 0.312 e. The Labute approximate surface area is 122 Å². The molecule has 116 valence electrons. The van der Waals surface area contributed by atoms with Crippen LogP contribution in [0.15, 0.2) is 0 Å². The zero-order valence-electron chi connectivity index (χ0n) is 14.4. The highest BCUT2D eigenvalue weighted by molar-refractivity contribution is 4.70. The molecule has 0 bridgehead atoms. The van der Waals surface area contributed by atoms with Crippen LogP contribution in [0.2, 0.25) is 0 Å². The van der Waals surface area contributed by atoms with Gasteiger partial charge in [-0.1, -0.05) is 71.6 Å². The summed E-state index contributed by atoms with van der Waals surface area (Å²) in [6, 6.07) is 0. The van der Waals surface area contributed by atoms with Gasteiger partial charge in [0, 0.05) is 5.54 Å². The Morgan fingerprint density at radius 2 is 1.32 bits per heavy atom. The van der Waals surface area contributed by atoms with E-state index in [9.17, 15) is 0 Å². The number of hydrogen-bond donors (Lipinski definition) is 1. The van der Waals surface area contributed by atoms with E-state index in [0.29, 0.717) is 0 Å². The highest BCUT2D eigenvalue weighted by Gasteiger charge is 2.09. The van der Waals surface area contributed by atoms with Gasteiger partial charge in [-0.15, -0.1) is 0 Å². The lowest BCUT2D eigenvalue weighted by molar-refractivity contribution is 0.379. The normalized spacial score (nSPS) is 13.7. The van der Waals surface area contributed by atoms with E-state index in [1.54, 1.807) is 0 Å². The van der Waals surface area contributed by atoms with E-state index in [1.165, 1.54) is 70.8 Å². The average Bonchev–Trinajstić information content (AvgIpc) is 2.31. The van der Waals surface area contributed by atoms with Crippen molar-refractivity contribution in [1.82, 2.24) is 5.32 Å². The second-order valence-electron chi connectivity index (χ2n) is 7.33. The van der Waals surface area contributed by atoms with Gasteiger partial charge in [0.05, 0.1) is 0 Å². The topological polar surface area (TPSA) is 12.0 Å². The van der Waals surface area contributed by atoms with Crippen molar-refractivity contribution in [2.24, 2.45) is 5.92 Å². The molecule has 0 radical (unpaired) electrons. The standard InChI is InChI=1S/C18H39N/c1-6-7-8-9-10-11-12-13-14-17(2)15-16-19-18(3,4)5/h17,19H,6-16H2,1-5H3. The van der Waals surface area contributed by atoms with Gasteiger partial charge in [-0.2, -0.15) is 0 Å². The molecule has 1 unspecified atom stereocenters. The molecule has 0 rings (SSSR count). The van der Waals surface area contributed by atoms with Crippen molar-refractivity contribution >= 4 is 0 Å². The van der Waals surface area contributed by atoms with Crippen LogP contribution in [0, 0.1) is 5.92 Å². The molecule has 1 atom stereocenters. The molecule has 0 aromatic rings. The predicted molar refractivity (Wildman–Crippen MR) is 88.8 cm³/mol. The van der Waals surface area contributed by atoms with Gasteiger partial charge in [-0.3, -0.25) is 0 Å². The van der Waals surface area contributed by atoms with Crippen LogP contribution >= 0.6 is 0 Å². The fraction of sp³-hybridized carbons (Fsp3) is 1.00. The van der Waals surface area contributed by atoms with Crippen LogP contribution in [0.1, 0.15) is 98.8 Å². The zero-order valence-corrected chi connectivity index (χ0v) is 14.4. The van der Waals surface area contributed by atoms with Crippen molar-refractivity contribution in [3.8, 4) is 0 Å². The third kappa shape index (κ3) is 15.9. The van der Waals surface area contributed by atoms with Crippen molar-refractivity contribution in [3.63, 3.8) is 0 Å². The number of unbranched alkanes of at least 4 members (excludes halogenated alkanes) is 7. The molecule has 0 aromatic heterocycles. The molecule has 0 spiro atoms. The van der Waals surface area contributed by atoms with Crippen LogP contribution in [0.3, 0.4) is 0 Å². The van der Waals surface area contributed by atoms with Crippen molar-refractivity contribution in [1.29, 1.82) is 0 Å². The SMILES string of the molecule is CCCCCCCCCCC(C)CCNC(C)(C)C. The van der Waals surface area contributed by atoms with Crippen molar-refractivity contribution < 1.29 is 0 Å². The zero-order chi connectivity index (χ0) is 14.6. The second kappa shape index (κ2) is 11.8. The van der Waals surface area contributed by atoms with Crippen LogP contribution in [0.5, 0.6) is 0 Å². The molecule has 0 aromatic carbocycles. The molecule has 0 saturated heterocycles. The molecule has 1 nitrogen and oxygen atoms in total. The first kappa shape index (κ1) is 19.0. The summed E-state index contributed by atoms with van der Waals surface area (Å²) >= 11 is 0. The Hall–Kier alpha value is -0.0400. The van der Waals surface area contributed by atoms with Crippen LogP contribution in [-0.2, 0) is 0 Å². The fourth-order valence-electron chi connectivity index (χ4n) is 2.46. The van der Waals surface area contributed by atoms with E-state index in [-0.39, 0.29) is 5.54 Å². The van der Waals surface area contributed by atoms with Crippen molar-refractivity contribution in [2.75, 3.05) is 6.54 Å². The minimum atomic E-state index is 0.276. The minimum absolute atomic E-state index is 0.276. The summed E-state index contributed by atoms with van der Waals surface area (Å²) < 4.78 is 0. The lowest BCUT2D eigenvalue weighted by Gasteiger charge is -2.22. The van der Waals surface area contributed by atoms with Gasteiger partial charge in [0.1, 0.15) is 0 Å². The lowest BCUT2D eigenvalue weighted by Crippen LogP contribution is -2.36. The van der Waals surface area contributed by atoms with Crippen LogP contribution in [0.25, 0.3) is 0 Å². The molecule has 0 aliphatic carbocycles. The first-order chi connectivity index (χ1) is 8.95. The van der Waals surface area contributed by atoms with Crippen molar-refractivity contribution in [3.05, 3.63) is 0 Å². The van der Waals surface area contributed by atoms with E-state index in [0.717, 1.165) is 5.92 Å². The van der Waals surface area contributed by atoms with E-state index in [2.05, 4.69) is 39.9 Å². The summed E-state index contributed by atoms with van der Waals surface area (Å²) in [6.45, 7) is 12.6. The molecule has 0 aliphatic heterocycles. The van der Waals surface area contributed by atoms with Gasteiger partial charge in [0.25, 0.3) is 0 Å². The van der Waals surface area contributed by atoms with Crippen LogP contribution < -0.4 is 5.32 Å². The lowest BCUT2D eigenvalue weighted by atomic mass is 9.98. The van der Waals surface area contributed by atoms with E-state index in [1.807, 2.05) is 0 Å². The summed E-state index contributed by atoms with van der Waals surface area (Å²) in [6.07, 6.45) is 14.2. The Morgan fingerprint density at radius 1 is 0.789 bits per heavy atom. The van der Waals surface area contributed by atoms with Crippen LogP contribution in [-0.4, -0.2) is 12.1 Å². The Bertz CT molecular complexity index is 181. The highest BCUT2D eigenvalue weighted by atomic mass is 14.9. The van der Waals surface area contributed by atoms with Gasteiger partial charge in [-0.05, 0) is 39.7 Å². The average molecular weight is 270 g/mol. The summed E-state index contributed by atoms with van der Waals surface area (Å²) in [5, 5.41) is 3.58. The minimum Gasteiger partial charge on any atom is -0.312 e. The summed E-state index contributed by atoms with van der Waals surface area (Å²) in [4.78, 5) is 0. The highest BCUT2D eigenvalue weighted by Crippen LogP contribution is 2.15. The second-order valence-corrected chi connectivity index (χ2v) is 7.33. The quantitative estimate of drug-likeness (QED) is 0.433. The maximum atomic E-state index is 3.58. The maximum Gasteiger partial charge on any atom is 0.00965 e. The van der Waals surface area contributed by atoms with Gasteiger partial charge in [-0.25, -0.2) is 0 Å². The smallest absolute Gasteiger partial charge is 0.00965 e. The third-order valence-electron chi connectivity index (χ3n) is 3.84. The number of nitrogens with one attached hydrogen (secondary N) is 1. The molecule has 0 fully saturated rings. The predicted octanol–water partition coefficient (Wildman–Crippen LogP) is 5.93. The number of hydrogen-bond acceptors (Lipinski definition) is 1. The first-order valence-electron chi connectivity index (χ1n) is 8.70. The summed E-state index contributed by atoms with van der Waals surface area (Å²) in [5.74, 6) is 0.884. The first-order valence-corrected chi connectivity index (χ1v) is 8.70. The molecule has 1 heteroatoms.